The van der Waals surface area contributed by atoms with E-state index in [1.165, 1.54) is 4.90 Å². The average Bonchev–Trinajstić information content (AvgIpc) is 3.11. The van der Waals surface area contributed by atoms with E-state index in [4.69, 9.17) is 0 Å². The minimum atomic E-state index is -0.124. The van der Waals surface area contributed by atoms with Crippen molar-refractivity contribution < 1.29 is 4.79 Å². The molecule has 1 amide bonds. The molecule has 0 aliphatic rings. The molecular weight excluding hydrogens is 306 g/mol. The number of amides is 1. The highest BCUT2D eigenvalue weighted by Crippen LogP contribution is 2.15. The number of hydrogen-bond acceptors (Lipinski definition) is 3. The van der Waals surface area contributed by atoms with E-state index in [-0.39, 0.29) is 5.91 Å². The van der Waals surface area contributed by atoms with E-state index in [0.29, 0.717) is 12.1 Å². The molecule has 1 N–H and O–H groups in total. The molecule has 0 radical (unpaired) electrons. The first-order valence-electron chi connectivity index (χ1n) is 7.27. The maximum Gasteiger partial charge on any atom is 0.254 e. The first-order valence-corrected chi connectivity index (χ1v) is 8.50. The largest absolute Gasteiger partial charge is 0.348 e. The molecule has 0 spiro atoms. The number of nitrogens with zero attached hydrogens (tertiary/aromatic N) is 2. The van der Waals surface area contributed by atoms with Gasteiger partial charge in [-0.25, -0.2) is 4.68 Å². The Morgan fingerprint density at radius 1 is 1.13 bits per heavy atom. The molecule has 0 fully saturated rings. The summed E-state index contributed by atoms with van der Waals surface area (Å²) in [6.45, 7) is 0.504. The molecule has 0 unspecified atom stereocenters. The van der Waals surface area contributed by atoms with E-state index in [9.17, 15) is 4.79 Å². The Kier molecular flexibility index (Phi) is 4.78. The summed E-state index contributed by atoms with van der Waals surface area (Å²) < 4.78 is 1.70. The van der Waals surface area contributed by atoms with Crippen molar-refractivity contribution in [2.24, 2.45) is 0 Å². The van der Waals surface area contributed by atoms with E-state index < -0.39 is 0 Å². The Morgan fingerprint density at radius 2 is 1.87 bits per heavy atom. The molecule has 3 aromatic rings. The number of carbonyl (C=O) groups is 1. The van der Waals surface area contributed by atoms with Crippen LogP contribution in [0.25, 0.3) is 5.69 Å². The van der Waals surface area contributed by atoms with Crippen LogP contribution < -0.4 is 5.32 Å². The van der Waals surface area contributed by atoms with Crippen LogP contribution in [0.15, 0.2) is 71.9 Å². The quantitative estimate of drug-likeness (QED) is 0.731. The highest BCUT2D eigenvalue weighted by molar-refractivity contribution is 7.98. The summed E-state index contributed by atoms with van der Waals surface area (Å²) in [7, 11) is 0. The molecule has 2 aromatic carbocycles. The molecule has 1 heterocycles. The van der Waals surface area contributed by atoms with Crippen LogP contribution in [0.4, 0.5) is 0 Å². The normalized spacial score (nSPS) is 10.5. The van der Waals surface area contributed by atoms with E-state index in [2.05, 4.69) is 22.5 Å². The zero-order valence-corrected chi connectivity index (χ0v) is 13.6. The number of benzene rings is 2. The molecule has 1 aromatic heterocycles. The third-order valence-corrected chi connectivity index (χ3v) is 4.22. The Hall–Kier alpha value is -2.53. The number of aromatic nitrogens is 2. The number of para-hydroxylation sites is 1. The third kappa shape index (κ3) is 3.81. The fraction of sp³-hybridized carbons (Fsp3) is 0.111. The van der Waals surface area contributed by atoms with Crippen LogP contribution in [-0.4, -0.2) is 21.9 Å². The van der Waals surface area contributed by atoms with Crippen LogP contribution in [0.5, 0.6) is 0 Å². The number of carbonyl (C=O) groups excluding carboxylic acids is 1. The van der Waals surface area contributed by atoms with Crippen molar-refractivity contribution in [1.29, 1.82) is 0 Å². The number of nitrogens with one attached hydrogen (secondary N) is 1. The minimum absolute atomic E-state index is 0.124. The highest BCUT2D eigenvalue weighted by atomic mass is 32.2. The molecular formula is C18H17N3OS. The van der Waals surface area contributed by atoms with Gasteiger partial charge in [0.15, 0.2) is 0 Å². The molecule has 3 rings (SSSR count). The number of hydrogen-bond donors (Lipinski definition) is 1. The van der Waals surface area contributed by atoms with Crippen LogP contribution in [0.2, 0.25) is 0 Å². The van der Waals surface area contributed by atoms with Crippen molar-refractivity contribution in [2.45, 2.75) is 11.4 Å². The Morgan fingerprint density at radius 3 is 2.57 bits per heavy atom. The first kappa shape index (κ1) is 15.4. The predicted molar refractivity (Wildman–Crippen MR) is 93.0 cm³/mol. The van der Waals surface area contributed by atoms with E-state index >= 15 is 0 Å². The molecule has 0 saturated heterocycles. The van der Waals surface area contributed by atoms with Gasteiger partial charge in [0.05, 0.1) is 17.4 Å². The summed E-state index contributed by atoms with van der Waals surface area (Å²) in [6.07, 6.45) is 5.36. The molecule has 5 heteroatoms. The molecule has 4 nitrogen and oxygen atoms in total. The van der Waals surface area contributed by atoms with E-state index in [1.54, 1.807) is 28.8 Å². The van der Waals surface area contributed by atoms with Crippen LogP contribution in [0.3, 0.4) is 0 Å². The molecule has 0 atom stereocenters. The van der Waals surface area contributed by atoms with Gasteiger partial charge in [0.25, 0.3) is 5.91 Å². The van der Waals surface area contributed by atoms with Crippen LogP contribution in [0.1, 0.15) is 15.9 Å². The SMILES string of the molecule is CSc1ccc(CNC(=O)c2cnn(-c3ccccc3)c2)cc1. The zero-order chi connectivity index (χ0) is 16.1. The van der Waals surface area contributed by atoms with E-state index in [1.807, 2.05) is 48.7 Å². The second-order valence-electron chi connectivity index (χ2n) is 5.04. The Balaban J connectivity index is 1.63. The lowest BCUT2D eigenvalue weighted by Crippen LogP contribution is -2.22. The maximum atomic E-state index is 12.2. The second kappa shape index (κ2) is 7.15. The van der Waals surface area contributed by atoms with Gasteiger partial charge in [-0.1, -0.05) is 30.3 Å². The van der Waals surface area contributed by atoms with Gasteiger partial charge in [-0.15, -0.1) is 11.8 Å². The molecule has 0 aliphatic carbocycles. The standard InChI is InChI=1S/C18H17N3OS/c1-23-17-9-7-14(8-10-17)11-19-18(22)15-12-20-21(13-15)16-5-3-2-4-6-16/h2-10,12-13H,11H2,1H3,(H,19,22). The van der Waals surface area contributed by atoms with Gasteiger partial charge in [-0.2, -0.15) is 5.10 Å². The van der Waals surface area contributed by atoms with Crippen molar-refractivity contribution >= 4 is 17.7 Å². The topological polar surface area (TPSA) is 46.9 Å². The van der Waals surface area contributed by atoms with Crippen molar-refractivity contribution in [3.63, 3.8) is 0 Å². The van der Waals surface area contributed by atoms with Crippen LogP contribution >= 0.6 is 11.8 Å². The molecule has 23 heavy (non-hydrogen) atoms. The summed E-state index contributed by atoms with van der Waals surface area (Å²) in [5.41, 5.74) is 2.56. The second-order valence-corrected chi connectivity index (χ2v) is 5.92. The van der Waals surface area contributed by atoms with Gasteiger partial charge in [-0.3, -0.25) is 4.79 Å². The third-order valence-electron chi connectivity index (χ3n) is 3.48. The number of thioether (sulfide) groups is 1. The lowest BCUT2D eigenvalue weighted by molar-refractivity contribution is 0.0951. The van der Waals surface area contributed by atoms with Gasteiger partial charge < -0.3 is 5.32 Å². The lowest BCUT2D eigenvalue weighted by Gasteiger charge is -2.04. The molecule has 116 valence electrons. The summed E-state index contributed by atoms with van der Waals surface area (Å²) in [6, 6.07) is 17.9. The molecule has 0 saturated carbocycles. The summed E-state index contributed by atoms with van der Waals surface area (Å²) in [5, 5.41) is 7.16. The zero-order valence-electron chi connectivity index (χ0n) is 12.8. The fourth-order valence-electron chi connectivity index (χ4n) is 2.19. The van der Waals surface area contributed by atoms with Gasteiger partial charge in [0.2, 0.25) is 0 Å². The first-order chi connectivity index (χ1) is 11.3. The van der Waals surface area contributed by atoms with Gasteiger partial charge in [0, 0.05) is 17.6 Å². The van der Waals surface area contributed by atoms with Crippen molar-refractivity contribution in [3.05, 3.63) is 78.1 Å². The average molecular weight is 323 g/mol. The maximum absolute atomic E-state index is 12.2. The van der Waals surface area contributed by atoms with Gasteiger partial charge in [0.1, 0.15) is 0 Å². The fourth-order valence-corrected chi connectivity index (χ4v) is 2.60. The smallest absolute Gasteiger partial charge is 0.254 e. The van der Waals surface area contributed by atoms with Crippen molar-refractivity contribution in [2.75, 3.05) is 6.26 Å². The van der Waals surface area contributed by atoms with Crippen LogP contribution in [0, 0.1) is 0 Å². The van der Waals surface area contributed by atoms with Crippen LogP contribution in [-0.2, 0) is 6.54 Å². The Labute approximate surface area is 139 Å². The summed E-state index contributed by atoms with van der Waals surface area (Å²) in [5.74, 6) is -0.124. The molecule has 0 aliphatic heterocycles. The number of rotatable bonds is 5. The predicted octanol–water partition coefficient (Wildman–Crippen LogP) is 3.52. The Bertz CT molecular complexity index is 782. The van der Waals surface area contributed by atoms with Gasteiger partial charge >= 0.3 is 0 Å². The monoisotopic (exact) mass is 323 g/mol. The minimum Gasteiger partial charge on any atom is -0.348 e. The lowest BCUT2D eigenvalue weighted by atomic mass is 10.2. The van der Waals surface area contributed by atoms with Gasteiger partial charge in [-0.05, 0) is 36.1 Å². The van der Waals surface area contributed by atoms with Crippen molar-refractivity contribution in [1.82, 2.24) is 15.1 Å². The highest BCUT2D eigenvalue weighted by Gasteiger charge is 2.09. The summed E-state index contributed by atoms with van der Waals surface area (Å²) >= 11 is 1.70. The molecule has 0 bridgehead atoms. The van der Waals surface area contributed by atoms with Crippen molar-refractivity contribution in [3.8, 4) is 5.69 Å². The van der Waals surface area contributed by atoms with E-state index in [0.717, 1.165) is 11.3 Å². The summed E-state index contributed by atoms with van der Waals surface area (Å²) in [4.78, 5) is 13.4.